The van der Waals surface area contributed by atoms with E-state index in [2.05, 4.69) is 9.64 Å². The number of likely N-dealkylation sites (tertiary alicyclic amines) is 1. The fourth-order valence-corrected chi connectivity index (χ4v) is 4.31. The topological polar surface area (TPSA) is 38.5 Å². The first-order valence-electron chi connectivity index (χ1n) is 9.24. The summed E-state index contributed by atoms with van der Waals surface area (Å²) in [5.74, 6) is 0.637. The first-order chi connectivity index (χ1) is 11.9. The Morgan fingerprint density at radius 1 is 1.16 bits per heavy atom. The molecule has 1 saturated carbocycles. The third-order valence-corrected chi connectivity index (χ3v) is 5.50. The van der Waals surface area contributed by atoms with Crippen LogP contribution in [0.5, 0.6) is 5.75 Å². The van der Waals surface area contributed by atoms with Crippen molar-refractivity contribution in [3.05, 3.63) is 29.8 Å². The Balaban J connectivity index is 1.79. The van der Waals surface area contributed by atoms with E-state index in [1.54, 1.807) is 12.1 Å². The quantitative estimate of drug-likeness (QED) is 0.856. The number of hydrogen-bond donors (Lipinski definition) is 1. The van der Waals surface area contributed by atoms with Gasteiger partial charge in [0.25, 0.3) is 0 Å². The minimum atomic E-state index is -4.65. The number of hydrogen-bond acceptors (Lipinski definition) is 3. The van der Waals surface area contributed by atoms with Crippen molar-refractivity contribution in [1.29, 1.82) is 0 Å². The number of ether oxygens (including phenoxy) is 1. The monoisotopic (exact) mass is 356 g/mol. The number of nitrogens with two attached hydrogens (primary N) is 1. The fraction of sp³-hybridized carbons (Fsp3) is 0.684. The maximum atomic E-state index is 12.6. The molecule has 1 aliphatic carbocycles. The van der Waals surface area contributed by atoms with Crippen molar-refractivity contribution in [2.75, 3.05) is 19.6 Å². The second-order valence-corrected chi connectivity index (χ2v) is 7.43. The van der Waals surface area contributed by atoms with Crippen molar-refractivity contribution in [2.24, 2.45) is 11.7 Å². The number of rotatable bonds is 5. The molecule has 6 heteroatoms. The molecule has 0 amide bonds. The fourth-order valence-electron chi connectivity index (χ4n) is 4.31. The smallest absolute Gasteiger partial charge is 0.406 e. The van der Waals surface area contributed by atoms with Crippen molar-refractivity contribution in [1.82, 2.24) is 4.90 Å². The molecule has 1 saturated heterocycles. The molecule has 3 nitrogen and oxygen atoms in total. The Labute approximate surface area is 147 Å². The molecule has 3 rings (SSSR count). The van der Waals surface area contributed by atoms with Crippen LogP contribution in [0.25, 0.3) is 0 Å². The molecule has 1 aromatic rings. The molecule has 2 aliphatic rings. The van der Waals surface area contributed by atoms with E-state index in [4.69, 9.17) is 5.73 Å². The zero-order valence-electron chi connectivity index (χ0n) is 14.5. The van der Waals surface area contributed by atoms with Gasteiger partial charge in [-0.2, -0.15) is 0 Å². The normalized spacial score (nSPS) is 24.4. The lowest BCUT2D eigenvalue weighted by Crippen LogP contribution is -2.33. The maximum Gasteiger partial charge on any atom is 0.573 e. The van der Waals surface area contributed by atoms with Crippen molar-refractivity contribution in [3.63, 3.8) is 0 Å². The van der Waals surface area contributed by atoms with Crippen molar-refractivity contribution in [2.45, 2.75) is 56.8 Å². The minimum Gasteiger partial charge on any atom is -0.406 e. The second kappa shape index (κ2) is 7.96. The molecule has 1 heterocycles. The molecule has 25 heavy (non-hydrogen) atoms. The van der Waals surface area contributed by atoms with Gasteiger partial charge in [-0.3, -0.25) is 0 Å². The van der Waals surface area contributed by atoms with E-state index in [9.17, 15) is 13.2 Å². The highest BCUT2D eigenvalue weighted by Gasteiger charge is 2.33. The van der Waals surface area contributed by atoms with Gasteiger partial charge in [0.2, 0.25) is 0 Å². The van der Waals surface area contributed by atoms with Gasteiger partial charge in [0, 0.05) is 19.1 Å². The summed E-state index contributed by atoms with van der Waals surface area (Å²) in [7, 11) is 0. The molecular weight excluding hydrogens is 329 g/mol. The molecule has 1 unspecified atom stereocenters. The summed E-state index contributed by atoms with van der Waals surface area (Å²) in [6, 6.07) is 6.77. The van der Waals surface area contributed by atoms with Gasteiger partial charge in [-0.05, 0) is 55.3 Å². The highest BCUT2D eigenvalue weighted by atomic mass is 19.4. The second-order valence-electron chi connectivity index (χ2n) is 7.43. The lowest BCUT2D eigenvalue weighted by atomic mass is 9.76. The standard InChI is InChI=1S/C19H27F3N2O/c20-19(21,22)25-17-8-4-7-15(11-17)18(14-5-2-1-3-6-14)13-24-10-9-16(23)12-24/h4,7-8,11,14,16,18H,1-3,5-6,9-10,12-13,23H2/t16-,18?/m1/s1. The van der Waals surface area contributed by atoms with Crippen LogP contribution in [0.15, 0.2) is 24.3 Å². The SMILES string of the molecule is N[C@@H]1CCN(CC(c2cccc(OC(F)(F)F)c2)C2CCCCC2)C1. The zero-order chi connectivity index (χ0) is 17.9. The van der Waals surface area contributed by atoms with Gasteiger partial charge in [0.05, 0.1) is 0 Å². The Kier molecular flexibility index (Phi) is 5.89. The summed E-state index contributed by atoms with van der Waals surface area (Å²) >= 11 is 0. The van der Waals surface area contributed by atoms with E-state index >= 15 is 0 Å². The van der Waals surface area contributed by atoms with Gasteiger partial charge in [0.15, 0.2) is 0 Å². The Morgan fingerprint density at radius 3 is 2.56 bits per heavy atom. The van der Waals surface area contributed by atoms with Gasteiger partial charge in [-0.15, -0.1) is 13.2 Å². The number of halogens is 3. The number of benzene rings is 1. The average Bonchev–Trinajstić information content (AvgIpc) is 2.97. The van der Waals surface area contributed by atoms with Crippen molar-refractivity contribution in [3.8, 4) is 5.75 Å². The predicted octanol–water partition coefficient (Wildman–Crippen LogP) is 4.28. The van der Waals surface area contributed by atoms with E-state index in [-0.39, 0.29) is 17.7 Å². The number of nitrogens with zero attached hydrogens (tertiary/aromatic N) is 1. The molecule has 0 spiro atoms. The average molecular weight is 356 g/mol. The first-order valence-corrected chi connectivity index (χ1v) is 9.24. The highest BCUT2D eigenvalue weighted by Crippen LogP contribution is 2.38. The van der Waals surface area contributed by atoms with E-state index in [1.807, 2.05) is 6.07 Å². The summed E-state index contributed by atoms with van der Waals surface area (Å²) in [5, 5.41) is 0. The predicted molar refractivity (Wildman–Crippen MR) is 91.5 cm³/mol. The van der Waals surface area contributed by atoms with Gasteiger partial charge in [-0.1, -0.05) is 31.4 Å². The minimum absolute atomic E-state index is 0.121. The summed E-state index contributed by atoms with van der Waals surface area (Å²) in [4.78, 5) is 2.36. The third kappa shape index (κ3) is 5.35. The van der Waals surface area contributed by atoms with Crippen LogP contribution in [0.3, 0.4) is 0 Å². The van der Waals surface area contributed by atoms with Crippen molar-refractivity contribution >= 4 is 0 Å². The van der Waals surface area contributed by atoms with E-state index in [0.29, 0.717) is 5.92 Å². The van der Waals surface area contributed by atoms with Crippen molar-refractivity contribution < 1.29 is 17.9 Å². The first kappa shape index (κ1) is 18.5. The van der Waals surface area contributed by atoms with Gasteiger partial charge < -0.3 is 15.4 Å². The Hall–Kier alpha value is -1.27. The van der Waals surface area contributed by atoms with E-state index < -0.39 is 6.36 Å². The molecule has 2 atom stereocenters. The summed E-state index contributed by atoms with van der Waals surface area (Å²) < 4.78 is 41.8. The molecular formula is C19H27F3N2O. The lowest BCUT2D eigenvalue weighted by molar-refractivity contribution is -0.274. The van der Waals surface area contributed by atoms with Crippen LogP contribution >= 0.6 is 0 Å². The van der Waals surface area contributed by atoms with Crippen LogP contribution in [-0.4, -0.2) is 36.9 Å². The Bertz CT molecular complexity index is 558. The summed E-state index contributed by atoms with van der Waals surface area (Å²) in [5.41, 5.74) is 6.98. The highest BCUT2D eigenvalue weighted by molar-refractivity contribution is 5.32. The summed E-state index contributed by atoms with van der Waals surface area (Å²) in [6.45, 7) is 2.72. The lowest BCUT2D eigenvalue weighted by Gasteiger charge is -2.33. The van der Waals surface area contributed by atoms with Gasteiger partial charge in [0.1, 0.15) is 5.75 Å². The molecule has 1 aromatic carbocycles. The Morgan fingerprint density at radius 2 is 1.92 bits per heavy atom. The maximum absolute atomic E-state index is 12.6. The van der Waals surface area contributed by atoms with Crippen LogP contribution in [0.2, 0.25) is 0 Å². The van der Waals surface area contributed by atoms with Gasteiger partial charge >= 0.3 is 6.36 Å². The molecule has 0 radical (unpaired) electrons. The van der Waals surface area contributed by atoms with Crippen LogP contribution < -0.4 is 10.5 Å². The zero-order valence-corrected chi connectivity index (χ0v) is 14.5. The summed E-state index contributed by atoms with van der Waals surface area (Å²) in [6.07, 6.45) is 2.31. The molecule has 140 valence electrons. The largest absolute Gasteiger partial charge is 0.573 e. The van der Waals surface area contributed by atoms with Crippen LogP contribution in [0.1, 0.15) is 50.0 Å². The molecule has 0 bridgehead atoms. The molecule has 2 N–H and O–H groups in total. The molecule has 2 fully saturated rings. The molecule has 1 aliphatic heterocycles. The van der Waals surface area contributed by atoms with Crippen LogP contribution in [0.4, 0.5) is 13.2 Å². The van der Waals surface area contributed by atoms with Crippen LogP contribution in [0, 0.1) is 5.92 Å². The van der Waals surface area contributed by atoms with Gasteiger partial charge in [-0.25, -0.2) is 0 Å². The molecule has 0 aromatic heterocycles. The number of alkyl halides is 3. The van der Waals surface area contributed by atoms with E-state index in [1.165, 1.54) is 25.3 Å². The third-order valence-electron chi connectivity index (χ3n) is 5.50. The van der Waals surface area contributed by atoms with E-state index in [0.717, 1.165) is 44.5 Å². The van der Waals surface area contributed by atoms with Crippen LogP contribution in [-0.2, 0) is 0 Å².